The number of nitrogens with one attached hydrogen (secondary N) is 2. The largest absolute Gasteiger partial charge is 0.493 e. The van der Waals surface area contributed by atoms with Gasteiger partial charge >= 0.3 is 0 Å². The first-order valence-electron chi connectivity index (χ1n) is 8.13. The summed E-state index contributed by atoms with van der Waals surface area (Å²) in [5, 5.41) is 3.78. The van der Waals surface area contributed by atoms with Crippen LogP contribution < -0.4 is 20.3 Å². The molecular formula is C18H17ClF2N4O2. The molecule has 2 N–H and O–H groups in total. The summed E-state index contributed by atoms with van der Waals surface area (Å²) in [4.78, 5) is 8.49. The van der Waals surface area contributed by atoms with Gasteiger partial charge in [-0.25, -0.2) is 14.4 Å². The third-order valence-corrected chi connectivity index (χ3v) is 4.07. The fourth-order valence-corrected chi connectivity index (χ4v) is 2.65. The highest BCUT2D eigenvalue weighted by Crippen LogP contribution is 2.35. The SMILES string of the molecule is COc1cc2ncnc(Nc3ccc(F)c(Cl)c3)c2cc1OCCCNF. The second-order valence-electron chi connectivity index (χ2n) is 5.58. The normalized spacial score (nSPS) is 10.8. The van der Waals surface area contributed by atoms with E-state index in [1.54, 1.807) is 23.7 Å². The second-order valence-corrected chi connectivity index (χ2v) is 5.99. The molecule has 0 aliphatic rings. The molecule has 0 aliphatic heterocycles. The molecule has 0 fully saturated rings. The molecular weight excluding hydrogens is 378 g/mol. The van der Waals surface area contributed by atoms with Crippen molar-refractivity contribution in [2.24, 2.45) is 0 Å². The summed E-state index contributed by atoms with van der Waals surface area (Å²) in [5.41, 5.74) is 2.79. The average Bonchev–Trinajstić information content (AvgIpc) is 2.68. The van der Waals surface area contributed by atoms with Crippen molar-refractivity contribution in [1.82, 2.24) is 15.5 Å². The van der Waals surface area contributed by atoms with Gasteiger partial charge in [-0.05, 0) is 30.7 Å². The van der Waals surface area contributed by atoms with Crippen molar-refractivity contribution in [3.05, 3.63) is 47.5 Å². The number of anilines is 2. The van der Waals surface area contributed by atoms with Crippen LogP contribution in [0.1, 0.15) is 6.42 Å². The zero-order valence-electron chi connectivity index (χ0n) is 14.4. The van der Waals surface area contributed by atoms with Crippen LogP contribution in [0.4, 0.5) is 20.4 Å². The van der Waals surface area contributed by atoms with Crippen LogP contribution in [0.5, 0.6) is 11.5 Å². The van der Waals surface area contributed by atoms with Crippen LogP contribution in [-0.4, -0.2) is 30.2 Å². The minimum Gasteiger partial charge on any atom is -0.493 e. The average molecular weight is 395 g/mol. The molecule has 0 spiro atoms. The van der Waals surface area contributed by atoms with E-state index in [9.17, 15) is 8.87 Å². The number of methoxy groups -OCH3 is 1. The lowest BCUT2D eigenvalue weighted by molar-refractivity contribution is 0.264. The van der Waals surface area contributed by atoms with Gasteiger partial charge in [0.2, 0.25) is 0 Å². The topological polar surface area (TPSA) is 68.3 Å². The third-order valence-electron chi connectivity index (χ3n) is 3.78. The monoisotopic (exact) mass is 394 g/mol. The Balaban J connectivity index is 1.94. The quantitative estimate of drug-likeness (QED) is 0.435. The molecule has 0 saturated heterocycles. The summed E-state index contributed by atoms with van der Waals surface area (Å²) in [5.74, 6) is 0.989. The summed E-state index contributed by atoms with van der Waals surface area (Å²) in [7, 11) is 1.53. The van der Waals surface area contributed by atoms with Gasteiger partial charge in [-0.15, -0.1) is 4.48 Å². The van der Waals surface area contributed by atoms with E-state index >= 15 is 0 Å². The Kier molecular flexibility index (Phi) is 6.20. The Labute approximate surface area is 159 Å². The summed E-state index contributed by atoms with van der Waals surface area (Å²) in [6, 6.07) is 7.76. The van der Waals surface area contributed by atoms with Crippen LogP contribution in [0.15, 0.2) is 36.7 Å². The predicted octanol–water partition coefficient (Wildman–Crippen LogP) is 4.42. The Hall–Kier alpha value is -2.71. The van der Waals surface area contributed by atoms with Crippen LogP contribution in [0.3, 0.4) is 0 Å². The van der Waals surface area contributed by atoms with E-state index in [0.29, 0.717) is 46.9 Å². The van der Waals surface area contributed by atoms with Crippen molar-refractivity contribution in [3.8, 4) is 11.5 Å². The van der Waals surface area contributed by atoms with Gasteiger partial charge in [-0.1, -0.05) is 11.6 Å². The fraction of sp³-hybridized carbons (Fsp3) is 0.222. The number of halogens is 3. The smallest absolute Gasteiger partial charge is 0.162 e. The van der Waals surface area contributed by atoms with Gasteiger partial charge < -0.3 is 14.8 Å². The molecule has 0 atom stereocenters. The first kappa shape index (κ1) is 19.1. The molecule has 0 aliphatic carbocycles. The lowest BCUT2D eigenvalue weighted by atomic mass is 10.2. The zero-order chi connectivity index (χ0) is 19.2. The molecule has 6 nitrogen and oxygen atoms in total. The number of aromatic nitrogens is 2. The summed E-state index contributed by atoms with van der Waals surface area (Å²) >= 11 is 5.83. The summed E-state index contributed by atoms with van der Waals surface area (Å²) in [6.07, 6.45) is 1.89. The number of hydrogen-bond donors (Lipinski definition) is 2. The maximum atomic E-state index is 13.4. The molecule has 0 unspecified atom stereocenters. The lowest BCUT2D eigenvalue weighted by Crippen LogP contribution is -2.08. The van der Waals surface area contributed by atoms with Gasteiger partial charge in [0.15, 0.2) is 11.5 Å². The van der Waals surface area contributed by atoms with Crippen molar-refractivity contribution in [3.63, 3.8) is 0 Å². The number of ether oxygens (including phenoxy) is 2. The van der Waals surface area contributed by atoms with E-state index in [2.05, 4.69) is 15.3 Å². The highest BCUT2D eigenvalue weighted by atomic mass is 35.5. The number of rotatable bonds is 8. The van der Waals surface area contributed by atoms with Crippen molar-refractivity contribution in [2.75, 3.05) is 25.6 Å². The first-order chi connectivity index (χ1) is 13.1. The minimum atomic E-state index is -0.502. The van der Waals surface area contributed by atoms with Gasteiger partial charge in [0.1, 0.15) is 18.0 Å². The zero-order valence-corrected chi connectivity index (χ0v) is 15.2. The fourth-order valence-electron chi connectivity index (χ4n) is 2.47. The molecule has 9 heteroatoms. The number of nitrogens with zero attached hydrogens (tertiary/aromatic N) is 2. The van der Waals surface area contributed by atoms with E-state index in [1.807, 2.05) is 0 Å². The van der Waals surface area contributed by atoms with Crippen LogP contribution in [0, 0.1) is 5.82 Å². The minimum absolute atomic E-state index is 0.00512. The predicted molar refractivity (Wildman–Crippen MR) is 100 cm³/mol. The van der Waals surface area contributed by atoms with E-state index in [1.165, 1.54) is 25.6 Å². The lowest BCUT2D eigenvalue weighted by Gasteiger charge is -2.14. The Bertz CT molecular complexity index is 943. The van der Waals surface area contributed by atoms with E-state index in [4.69, 9.17) is 21.1 Å². The number of hydrogen-bond acceptors (Lipinski definition) is 6. The first-order valence-corrected chi connectivity index (χ1v) is 8.51. The van der Waals surface area contributed by atoms with E-state index in [0.717, 1.165) is 0 Å². The molecule has 0 bridgehead atoms. The van der Waals surface area contributed by atoms with Gasteiger partial charge in [0.25, 0.3) is 0 Å². The highest BCUT2D eigenvalue weighted by Gasteiger charge is 2.12. The van der Waals surface area contributed by atoms with Crippen LogP contribution in [-0.2, 0) is 0 Å². The number of fused-ring (bicyclic) bond motifs is 1. The highest BCUT2D eigenvalue weighted by molar-refractivity contribution is 6.31. The van der Waals surface area contributed by atoms with Gasteiger partial charge in [-0.2, -0.15) is 5.54 Å². The Morgan fingerprint density at radius 2 is 2.00 bits per heavy atom. The Morgan fingerprint density at radius 1 is 1.15 bits per heavy atom. The molecule has 1 heterocycles. The van der Waals surface area contributed by atoms with Crippen LogP contribution >= 0.6 is 11.6 Å². The molecule has 1 aromatic heterocycles. The van der Waals surface area contributed by atoms with Crippen molar-refractivity contribution in [2.45, 2.75) is 6.42 Å². The summed E-state index contributed by atoms with van der Waals surface area (Å²) < 4.78 is 36.4. The maximum absolute atomic E-state index is 13.4. The molecule has 3 rings (SSSR count). The number of benzene rings is 2. The maximum Gasteiger partial charge on any atom is 0.162 e. The second kappa shape index (κ2) is 8.79. The molecule has 142 valence electrons. The van der Waals surface area contributed by atoms with Crippen molar-refractivity contribution >= 4 is 34.0 Å². The van der Waals surface area contributed by atoms with E-state index in [-0.39, 0.29) is 11.6 Å². The van der Waals surface area contributed by atoms with Gasteiger partial charge in [-0.3, -0.25) is 0 Å². The van der Waals surface area contributed by atoms with Crippen molar-refractivity contribution < 1.29 is 18.3 Å². The van der Waals surface area contributed by atoms with Gasteiger partial charge in [0, 0.05) is 23.7 Å². The molecule has 0 radical (unpaired) electrons. The molecule has 0 amide bonds. The molecule has 2 aromatic carbocycles. The Morgan fingerprint density at radius 3 is 2.74 bits per heavy atom. The molecule has 3 aromatic rings. The van der Waals surface area contributed by atoms with Crippen LogP contribution in [0.2, 0.25) is 5.02 Å². The van der Waals surface area contributed by atoms with Crippen LogP contribution in [0.25, 0.3) is 10.9 Å². The van der Waals surface area contributed by atoms with Crippen molar-refractivity contribution in [1.29, 1.82) is 0 Å². The summed E-state index contributed by atoms with van der Waals surface area (Å²) in [6.45, 7) is 0.500. The third kappa shape index (κ3) is 4.53. The van der Waals surface area contributed by atoms with E-state index < -0.39 is 5.82 Å². The van der Waals surface area contributed by atoms with Gasteiger partial charge in [0.05, 0.1) is 24.3 Å². The molecule has 0 saturated carbocycles. The standard InChI is InChI=1S/C18H17ClF2N4O2/c1-26-16-9-15-12(8-17(16)27-6-2-5-24-21)18(23-10-22-15)25-11-3-4-14(20)13(19)7-11/h3-4,7-10,24H,2,5-6H2,1H3,(H,22,23,25). The molecule has 27 heavy (non-hydrogen) atoms.